The number of carbonyl (C=O) groups is 2. The van der Waals surface area contributed by atoms with E-state index in [9.17, 15) is 19.5 Å². The van der Waals surface area contributed by atoms with E-state index in [1.54, 1.807) is 0 Å². The van der Waals surface area contributed by atoms with Gasteiger partial charge in [0.05, 0.1) is 6.10 Å². The van der Waals surface area contributed by atoms with Gasteiger partial charge in [-0.2, -0.15) is 5.10 Å². The molecule has 0 radical (unpaired) electrons. The molecule has 0 saturated carbocycles. The van der Waals surface area contributed by atoms with Crippen LogP contribution in [0.4, 0.5) is 0 Å². The SMILES string of the molecule is Cn1nc(C(=O)N2CC(O)CC2C(=O)O)ccc1=O. The summed E-state index contributed by atoms with van der Waals surface area (Å²) in [6, 6.07) is 1.36. The van der Waals surface area contributed by atoms with Crippen LogP contribution in [-0.2, 0) is 11.8 Å². The molecule has 0 bridgehead atoms. The number of amides is 1. The Labute approximate surface area is 107 Å². The fourth-order valence-corrected chi connectivity index (χ4v) is 2.04. The van der Waals surface area contributed by atoms with Crippen molar-refractivity contribution in [2.24, 2.45) is 7.05 Å². The lowest BCUT2D eigenvalue weighted by atomic mass is 10.2. The minimum Gasteiger partial charge on any atom is -0.480 e. The number of carbonyl (C=O) groups excluding carboxylic acids is 1. The lowest BCUT2D eigenvalue weighted by Crippen LogP contribution is -2.41. The molecule has 1 saturated heterocycles. The van der Waals surface area contributed by atoms with E-state index in [-0.39, 0.29) is 24.2 Å². The number of β-amino-alcohol motifs (C(OH)–C–C–N with tert-alkyl or cyclic N) is 1. The van der Waals surface area contributed by atoms with Gasteiger partial charge >= 0.3 is 5.97 Å². The van der Waals surface area contributed by atoms with Crippen LogP contribution < -0.4 is 5.56 Å². The fourth-order valence-electron chi connectivity index (χ4n) is 2.04. The summed E-state index contributed by atoms with van der Waals surface area (Å²) in [6.45, 7) is -0.0552. The number of aliphatic hydroxyl groups is 1. The maximum atomic E-state index is 12.1. The molecule has 1 aliphatic rings. The van der Waals surface area contributed by atoms with E-state index in [0.717, 1.165) is 9.58 Å². The fraction of sp³-hybridized carbons (Fsp3) is 0.455. The first kappa shape index (κ1) is 13.2. The third-order valence-electron chi connectivity index (χ3n) is 3.00. The summed E-state index contributed by atoms with van der Waals surface area (Å²) in [7, 11) is 1.40. The van der Waals surface area contributed by atoms with Crippen molar-refractivity contribution in [2.75, 3.05) is 6.54 Å². The highest BCUT2D eigenvalue weighted by Gasteiger charge is 2.39. The van der Waals surface area contributed by atoms with Gasteiger partial charge in [-0.1, -0.05) is 0 Å². The number of rotatable bonds is 2. The van der Waals surface area contributed by atoms with E-state index in [0.29, 0.717) is 0 Å². The van der Waals surface area contributed by atoms with Gasteiger partial charge < -0.3 is 15.1 Å². The Bertz CT molecular complexity index is 582. The monoisotopic (exact) mass is 267 g/mol. The summed E-state index contributed by atoms with van der Waals surface area (Å²) in [5.74, 6) is -1.78. The first-order chi connectivity index (χ1) is 8.90. The zero-order chi connectivity index (χ0) is 14.2. The lowest BCUT2D eigenvalue weighted by Gasteiger charge is -2.20. The Balaban J connectivity index is 2.30. The van der Waals surface area contributed by atoms with Crippen LogP contribution in [-0.4, -0.2) is 55.5 Å². The summed E-state index contributed by atoms with van der Waals surface area (Å²) >= 11 is 0. The number of aromatic nitrogens is 2. The molecule has 1 amide bonds. The number of hydrogen-bond acceptors (Lipinski definition) is 5. The van der Waals surface area contributed by atoms with Crippen molar-refractivity contribution >= 4 is 11.9 Å². The van der Waals surface area contributed by atoms with Gasteiger partial charge in [0.2, 0.25) is 0 Å². The number of aliphatic carboxylic acids is 1. The summed E-state index contributed by atoms with van der Waals surface area (Å²) in [5.41, 5.74) is -0.393. The topological polar surface area (TPSA) is 113 Å². The van der Waals surface area contributed by atoms with E-state index in [1.165, 1.54) is 19.2 Å². The Kier molecular flexibility index (Phi) is 3.34. The summed E-state index contributed by atoms with van der Waals surface area (Å²) in [5, 5.41) is 22.3. The molecule has 0 spiro atoms. The zero-order valence-corrected chi connectivity index (χ0v) is 10.2. The third kappa shape index (κ3) is 2.48. The van der Waals surface area contributed by atoms with E-state index in [4.69, 9.17) is 5.11 Å². The highest BCUT2D eigenvalue weighted by atomic mass is 16.4. The normalized spacial score (nSPS) is 22.5. The van der Waals surface area contributed by atoms with E-state index in [1.807, 2.05) is 0 Å². The molecule has 1 aliphatic heterocycles. The van der Waals surface area contributed by atoms with Crippen LogP contribution in [0.5, 0.6) is 0 Å². The van der Waals surface area contributed by atoms with Gasteiger partial charge in [0.25, 0.3) is 11.5 Å². The van der Waals surface area contributed by atoms with E-state index < -0.39 is 24.0 Å². The quantitative estimate of drug-likeness (QED) is 0.670. The zero-order valence-electron chi connectivity index (χ0n) is 10.2. The molecule has 0 aromatic carbocycles. The molecule has 8 heteroatoms. The predicted octanol–water partition coefficient (Wildman–Crippen LogP) is -1.56. The van der Waals surface area contributed by atoms with Crippen LogP contribution in [0.3, 0.4) is 0 Å². The Hall–Kier alpha value is -2.22. The molecule has 102 valence electrons. The molecular weight excluding hydrogens is 254 g/mol. The molecule has 1 aromatic heterocycles. The second-order valence-electron chi connectivity index (χ2n) is 4.38. The standard InChI is InChI=1S/C11H13N3O5/c1-13-9(16)3-2-7(12-13)10(17)14-5-6(15)4-8(14)11(18)19/h2-3,6,8,15H,4-5H2,1H3,(H,18,19). The Morgan fingerprint density at radius 2 is 2.11 bits per heavy atom. The number of aryl methyl sites for hydroxylation is 1. The van der Waals surface area contributed by atoms with Gasteiger partial charge in [-0.15, -0.1) is 0 Å². The number of hydrogen-bond donors (Lipinski definition) is 2. The molecule has 1 aromatic rings. The maximum Gasteiger partial charge on any atom is 0.326 e. The number of nitrogens with zero attached hydrogens (tertiary/aromatic N) is 3. The number of likely N-dealkylation sites (tertiary alicyclic amines) is 1. The van der Waals surface area contributed by atoms with Crippen molar-refractivity contribution in [1.29, 1.82) is 0 Å². The van der Waals surface area contributed by atoms with Crippen molar-refractivity contribution in [2.45, 2.75) is 18.6 Å². The number of carboxylic acids is 1. The minimum absolute atomic E-state index is 0.00711. The van der Waals surface area contributed by atoms with Crippen molar-refractivity contribution in [3.63, 3.8) is 0 Å². The third-order valence-corrected chi connectivity index (χ3v) is 3.00. The Morgan fingerprint density at radius 3 is 2.68 bits per heavy atom. The van der Waals surface area contributed by atoms with Crippen LogP contribution in [0.2, 0.25) is 0 Å². The molecule has 19 heavy (non-hydrogen) atoms. The van der Waals surface area contributed by atoms with Crippen molar-refractivity contribution in [3.8, 4) is 0 Å². The summed E-state index contributed by atoms with van der Waals surface area (Å²) in [6.07, 6.45) is -0.870. The second kappa shape index (κ2) is 4.81. The molecule has 2 unspecified atom stereocenters. The van der Waals surface area contributed by atoms with Gasteiger partial charge in [-0.3, -0.25) is 9.59 Å². The molecule has 1 fully saturated rings. The van der Waals surface area contributed by atoms with Gasteiger partial charge in [0.1, 0.15) is 11.7 Å². The lowest BCUT2D eigenvalue weighted by molar-refractivity contribution is -0.141. The number of carboxylic acid groups (broad SMARTS) is 1. The van der Waals surface area contributed by atoms with Gasteiger partial charge in [0.15, 0.2) is 0 Å². The van der Waals surface area contributed by atoms with Gasteiger partial charge in [-0.05, 0) is 6.07 Å². The number of aliphatic hydroxyl groups excluding tert-OH is 1. The van der Waals surface area contributed by atoms with Crippen LogP contribution in [0, 0.1) is 0 Å². The smallest absolute Gasteiger partial charge is 0.326 e. The van der Waals surface area contributed by atoms with Gasteiger partial charge in [-0.25, -0.2) is 9.48 Å². The molecule has 2 heterocycles. The molecular formula is C11H13N3O5. The molecule has 2 N–H and O–H groups in total. The second-order valence-corrected chi connectivity index (χ2v) is 4.38. The highest BCUT2D eigenvalue weighted by molar-refractivity contribution is 5.95. The van der Waals surface area contributed by atoms with Crippen LogP contribution in [0.15, 0.2) is 16.9 Å². The first-order valence-corrected chi connectivity index (χ1v) is 5.66. The average Bonchev–Trinajstić information content (AvgIpc) is 2.74. The predicted molar refractivity (Wildman–Crippen MR) is 62.6 cm³/mol. The van der Waals surface area contributed by atoms with Crippen LogP contribution >= 0.6 is 0 Å². The first-order valence-electron chi connectivity index (χ1n) is 5.66. The molecule has 8 nitrogen and oxygen atoms in total. The van der Waals surface area contributed by atoms with E-state index in [2.05, 4.69) is 5.10 Å². The highest BCUT2D eigenvalue weighted by Crippen LogP contribution is 2.20. The summed E-state index contributed by atoms with van der Waals surface area (Å²) in [4.78, 5) is 35.4. The van der Waals surface area contributed by atoms with Crippen LogP contribution in [0.25, 0.3) is 0 Å². The van der Waals surface area contributed by atoms with Crippen LogP contribution in [0.1, 0.15) is 16.9 Å². The van der Waals surface area contributed by atoms with Crippen molar-refractivity contribution in [1.82, 2.24) is 14.7 Å². The Morgan fingerprint density at radius 1 is 1.42 bits per heavy atom. The minimum atomic E-state index is -1.17. The van der Waals surface area contributed by atoms with E-state index >= 15 is 0 Å². The van der Waals surface area contributed by atoms with Crippen molar-refractivity contribution < 1.29 is 19.8 Å². The molecule has 0 aliphatic carbocycles. The average molecular weight is 267 g/mol. The molecule has 2 rings (SSSR count). The van der Waals surface area contributed by atoms with Gasteiger partial charge in [0, 0.05) is 26.1 Å². The van der Waals surface area contributed by atoms with Crippen molar-refractivity contribution in [3.05, 3.63) is 28.2 Å². The summed E-state index contributed by atoms with van der Waals surface area (Å²) < 4.78 is 0.996. The largest absolute Gasteiger partial charge is 0.480 e. The molecule has 2 atom stereocenters. The maximum absolute atomic E-state index is 12.1.